The van der Waals surface area contributed by atoms with Crippen LogP contribution in [-0.4, -0.2) is 6.10 Å². The highest BCUT2D eigenvalue weighted by Crippen LogP contribution is 2.20. The van der Waals surface area contributed by atoms with Crippen molar-refractivity contribution in [3.8, 4) is 5.75 Å². The first-order valence-electron chi connectivity index (χ1n) is 5.53. The zero-order valence-electron chi connectivity index (χ0n) is 10.0. The second kappa shape index (κ2) is 5.17. The molecule has 84 valence electrons. The van der Waals surface area contributed by atoms with Crippen LogP contribution in [0.4, 0.5) is 0 Å². The molecule has 1 aromatic rings. The first kappa shape index (κ1) is 12.1. The van der Waals surface area contributed by atoms with Gasteiger partial charge in [0.2, 0.25) is 0 Å². The van der Waals surface area contributed by atoms with E-state index in [1.165, 1.54) is 0 Å². The summed E-state index contributed by atoms with van der Waals surface area (Å²) in [5.74, 6) is 1.43. The lowest BCUT2D eigenvalue weighted by Crippen LogP contribution is -2.18. The van der Waals surface area contributed by atoms with E-state index in [1.807, 2.05) is 31.2 Å². The van der Waals surface area contributed by atoms with Crippen molar-refractivity contribution >= 4 is 0 Å². The summed E-state index contributed by atoms with van der Waals surface area (Å²) in [5, 5.41) is 0. The molecule has 2 atom stereocenters. The van der Waals surface area contributed by atoms with Crippen LogP contribution in [0.3, 0.4) is 0 Å². The van der Waals surface area contributed by atoms with Crippen molar-refractivity contribution in [2.75, 3.05) is 0 Å². The minimum atomic E-state index is 0.0582. The molecule has 1 rings (SSSR count). The first-order valence-corrected chi connectivity index (χ1v) is 5.53. The molecule has 1 aromatic carbocycles. The van der Waals surface area contributed by atoms with Crippen LogP contribution >= 0.6 is 0 Å². The van der Waals surface area contributed by atoms with E-state index >= 15 is 0 Å². The molecule has 15 heavy (non-hydrogen) atoms. The zero-order chi connectivity index (χ0) is 11.4. The molecule has 0 amide bonds. The van der Waals surface area contributed by atoms with E-state index in [0.29, 0.717) is 5.92 Å². The highest BCUT2D eigenvalue weighted by atomic mass is 16.5. The van der Waals surface area contributed by atoms with Gasteiger partial charge in [0, 0.05) is 6.04 Å². The van der Waals surface area contributed by atoms with Crippen LogP contribution in [0.5, 0.6) is 5.75 Å². The van der Waals surface area contributed by atoms with Gasteiger partial charge in [-0.05, 0) is 37.5 Å². The summed E-state index contributed by atoms with van der Waals surface area (Å²) >= 11 is 0. The van der Waals surface area contributed by atoms with E-state index < -0.39 is 0 Å². The minimum absolute atomic E-state index is 0.0582. The van der Waals surface area contributed by atoms with Gasteiger partial charge in [-0.25, -0.2) is 0 Å². The maximum atomic E-state index is 5.82. The molecule has 0 spiro atoms. The molecule has 2 N–H and O–H groups in total. The third-order valence-electron chi connectivity index (χ3n) is 2.64. The van der Waals surface area contributed by atoms with Gasteiger partial charge in [-0.15, -0.1) is 0 Å². The maximum Gasteiger partial charge on any atom is 0.120 e. The number of hydrogen-bond donors (Lipinski definition) is 1. The maximum absolute atomic E-state index is 5.82. The molecular formula is C13H21NO. The molecule has 0 aromatic heterocycles. The number of hydrogen-bond acceptors (Lipinski definition) is 2. The highest BCUT2D eigenvalue weighted by Gasteiger charge is 2.09. The highest BCUT2D eigenvalue weighted by molar-refractivity contribution is 5.30. The lowest BCUT2D eigenvalue weighted by molar-refractivity contribution is 0.170. The molecule has 0 aliphatic heterocycles. The van der Waals surface area contributed by atoms with E-state index in [-0.39, 0.29) is 12.1 Å². The van der Waals surface area contributed by atoms with E-state index in [1.54, 1.807) is 0 Å². The van der Waals surface area contributed by atoms with Crippen molar-refractivity contribution in [2.45, 2.75) is 39.8 Å². The van der Waals surface area contributed by atoms with E-state index in [4.69, 9.17) is 10.5 Å². The fourth-order valence-electron chi connectivity index (χ4n) is 1.22. The quantitative estimate of drug-likeness (QED) is 0.823. The van der Waals surface area contributed by atoms with Gasteiger partial charge in [0.25, 0.3) is 0 Å². The van der Waals surface area contributed by atoms with E-state index in [2.05, 4.69) is 20.8 Å². The number of benzene rings is 1. The van der Waals surface area contributed by atoms with Crippen molar-refractivity contribution < 1.29 is 4.74 Å². The first-order chi connectivity index (χ1) is 7.00. The molecule has 0 radical (unpaired) electrons. The SMILES string of the molecule is CC(N)c1cccc(OC(C)C(C)C)c1. The molecule has 2 heteroatoms. The summed E-state index contributed by atoms with van der Waals surface area (Å²) in [6.07, 6.45) is 0.230. The Kier molecular flexibility index (Phi) is 4.15. The van der Waals surface area contributed by atoms with E-state index in [9.17, 15) is 0 Å². The Labute approximate surface area is 92.4 Å². The fraction of sp³-hybridized carbons (Fsp3) is 0.538. The second-order valence-electron chi connectivity index (χ2n) is 4.43. The molecule has 2 nitrogen and oxygen atoms in total. The predicted molar refractivity (Wildman–Crippen MR) is 64.0 cm³/mol. The number of nitrogens with two attached hydrogens (primary N) is 1. The molecule has 0 aliphatic carbocycles. The Balaban J connectivity index is 2.73. The molecule has 0 bridgehead atoms. The molecular weight excluding hydrogens is 186 g/mol. The van der Waals surface area contributed by atoms with Gasteiger partial charge in [-0.3, -0.25) is 0 Å². The number of ether oxygens (including phenoxy) is 1. The summed E-state index contributed by atoms with van der Waals surface area (Å²) in [5.41, 5.74) is 6.93. The minimum Gasteiger partial charge on any atom is -0.490 e. The lowest BCUT2D eigenvalue weighted by Gasteiger charge is -2.18. The van der Waals surface area contributed by atoms with Crippen molar-refractivity contribution in [3.63, 3.8) is 0 Å². The van der Waals surface area contributed by atoms with E-state index in [0.717, 1.165) is 11.3 Å². The fourth-order valence-corrected chi connectivity index (χ4v) is 1.22. The monoisotopic (exact) mass is 207 g/mol. The van der Waals surface area contributed by atoms with Gasteiger partial charge in [-0.1, -0.05) is 26.0 Å². The molecule has 0 saturated carbocycles. The smallest absolute Gasteiger partial charge is 0.120 e. The topological polar surface area (TPSA) is 35.2 Å². The Bertz CT molecular complexity index is 307. The molecule has 0 heterocycles. The predicted octanol–water partition coefficient (Wildman–Crippen LogP) is 3.13. The van der Waals surface area contributed by atoms with Gasteiger partial charge in [0.05, 0.1) is 6.10 Å². The van der Waals surface area contributed by atoms with Crippen molar-refractivity contribution in [1.82, 2.24) is 0 Å². The summed E-state index contributed by atoms with van der Waals surface area (Å²) in [6.45, 7) is 8.37. The number of rotatable bonds is 4. The Hall–Kier alpha value is -1.02. The molecule has 2 unspecified atom stereocenters. The van der Waals surface area contributed by atoms with Crippen molar-refractivity contribution in [3.05, 3.63) is 29.8 Å². The Morgan fingerprint density at radius 1 is 1.13 bits per heavy atom. The van der Waals surface area contributed by atoms with Crippen LogP contribution in [-0.2, 0) is 0 Å². The normalized spacial score (nSPS) is 15.1. The van der Waals surface area contributed by atoms with Crippen LogP contribution in [0, 0.1) is 5.92 Å². The summed E-state index contributed by atoms with van der Waals surface area (Å²) in [6, 6.07) is 8.07. The Morgan fingerprint density at radius 2 is 1.80 bits per heavy atom. The lowest BCUT2D eigenvalue weighted by atomic mass is 10.1. The van der Waals surface area contributed by atoms with Crippen LogP contribution in [0.2, 0.25) is 0 Å². The van der Waals surface area contributed by atoms with Crippen molar-refractivity contribution in [1.29, 1.82) is 0 Å². The summed E-state index contributed by atoms with van der Waals surface area (Å²) < 4.78 is 5.81. The standard InChI is InChI=1S/C13H21NO/c1-9(2)11(4)15-13-7-5-6-12(8-13)10(3)14/h5-11H,14H2,1-4H3. The third kappa shape index (κ3) is 3.56. The zero-order valence-corrected chi connectivity index (χ0v) is 10.0. The molecule has 0 aliphatic rings. The largest absolute Gasteiger partial charge is 0.490 e. The summed E-state index contributed by atoms with van der Waals surface area (Å²) in [7, 11) is 0. The summed E-state index contributed by atoms with van der Waals surface area (Å²) in [4.78, 5) is 0. The van der Waals surface area contributed by atoms with Crippen LogP contribution in [0.25, 0.3) is 0 Å². The van der Waals surface area contributed by atoms with Crippen LogP contribution < -0.4 is 10.5 Å². The van der Waals surface area contributed by atoms with Gasteiger partial charge in [-0.2, -0.15) is 0 Å². The second-order valence-corrected chi connectivity index (χ2v) is 4.43. The molecule has 0 fully saturated rings. The molecule has 0 saturated heterocycles. The van der Waals surface area contributed by atoms with Crippen LogP contribution in [0.15, 0.2) is 24.3 Å². The van der Waals surface area contributed by atoms with Gasteiger partial charge in [0.1, 0.15) is 5.75 Å². The van der Waals surface area contributed by atoms with Gasteiger partial charge >= 0.3 is 0 Å². The van der Waals surface area contributed by atoms with Crippen LogP contribution in [0.1, 0.15) is 39.3 Å². The average molecular weight is 207 g/mol. The van der Waals surface area contributed by atoms with Gasteiger partial charge in [0.15, 0.2) is 0 Å². The van der Waals surface area contributed by atoms with Gasteiger partial charge < -0.3 is 10.5 Å². The average Bonchev–Trinajstić information content (AvgIpc) is 2.18. The Morgan fingerprint density at radius 3 is 2.33 bits per heavy atom. The third-order valence-corrected chi connectivity index (χ3v) is 2.64. The van der Waals surface area contributed by atoms with Crippen molar-refractivity contribution in [2.24, 2.45) is 11.7 Å².